The highest BCUT2D eigenvalue weighted by atomic mass is 16.2. The Labute approximate surface area is 83.7 Å². The lowest BCUT2D eigenvalue weighted by Gasteiger charge is -2.14. The molecule has 0 spiro atoms. The van der Waals surface area contributed by atoms with Crippen molar-refractivity contribution in [3.8, 4) is 0 Å². The third kappa shape index (κ3) is 2.55. The molecule has 1 heterocycles. The molecule has 0 saturated heterocycles. The summed E-state index contributed by atoms with van der Waals surface area (Å²) in [6.45, 7) is 2.87. The molecule has 0 N–H and O–H groups in total. The molecule has 1 aromatic rings. The fourth-order valence-electron chi connectivity index (χ4n) is 1.14. The van der Waals surface area contributed by atoms with Gasteiger partial charge in [0.15, 0.2) is 5.69 Å². The number of amides is 1. The molecule has 0 radical (unpaired) electrons. The second-order valence-electron chi connectivity index (χ2n) is 3.36. The van der Waals surface area contributed by atoms with E-state index in [1.165, 1.54) is 4.68 Å². The first-order chi connectivity index (χ1) is 6.65. The molecule has 78 valence electrons. The summed E-state index contributed by atoms with van der Waals surface area (Å²) in [4.78, 5) is 13.3. The van der Waals surface area contributed by atoms with E-state index in [0.29, 0.717) is 5.69 Å². The smallest absolute Gasteiger partial charge is 0.275 e. The van der Waals surface area contributed by atoms with Gasteiger partial charge in [0.25, 0.3) is 5.91 Å². The predicted molar refractivity (Wildman–Crippen MR) is 52.9 cm³/mol. The van der Waals surface area contributed by atoms with Gasteiger partial charge >= 0.3 is 0 Å². The molecular formula is C9H16N4O. The van der Waals surface area contributed by atoms with Gasteiger partial charge in [-0.25, -0.2) is 0 Å². The standard InChI is InChI=1S/C9H16N4O/c1-4-5-6-12(2)9(14)8-7-13(3)11-10-8/h7H,4-6H2,1-3H3. The van der Waals surface area contributed by atoms with Gasteiger partial charge < -0.3 is 4.90 Å². The Morgan fingerprint density at radius 1 is 1.64 bits per heavy atom. The van der Waals surface area contributed by atoms with E-state index >= 15 is 0 Å². The first-order valence-electron chi connectivity index (χ1n) is 4.77. The number of rotatable bonds is 4. The number of nitrogens with zero attached hydrogens (tertiary/aromatic N) is 4. The molecule has 0 aliphatic rings. The zero-order valence-corrected chi connectivity index (χ0v) is 8.90. The van der Waals surface area contributed by atoms with E-state index in [2.05, 4.69) is 17.2 Å². The van der Waals surface area contributed by atoms with Crippen molar-refractivity contribution in [3.05, 3.63) is 11.9 Å². The van der Waals surface area contributed by atoms with E-state index in [0.717, 1.165) is 19.4 Å². The van der Waals surface area contributed by atoms with Crippen molar-refractivity contribution < 1.29 is 4.79 Å². The molecule has 0 aliphatic heterocycles. The van der Waals surface area contributed by atoms with Crippen LogP contribution in [0.4, 0.5) is 0 Å². The predicted octanol–water partition coefficient (Wildman–Crippen LogP) is 0.687. The molecule has 0 aromatic carbocycles. The van der Waals surface area contributed by atoms with Crippen LogP contribution in [0.3, 0.4) is 0 Å². The van der Waals surface area contributed by atoms with Crippen LogP contribution in [-0.4, -0.2) is 39.4 Å². The lowest BCUT2D eigenvalue weighted by Crippen LogP contribution is -2.27. The van der Waals surface area contributed by atoms with Crippen molar-refractivity contribution in [1.29, 1.82) is 0 Å². The molecule has 0 saturated carbocycles. The van der Waals surface area contributed by atoms with E-state index in [1.54, 1.807) is 25.2 Å². The first kappa shape index (κ1) is 10.7. The Kier molecular flexibility index (Phi) is 3.62. The van der Waals surface area contributed by atoms with Crippen molar-refractivity contribution in [2.45, 2.75) is 19.8 Å². The maximum absolute atomic E-state index is 11.7. The Morgan fingerprint density at radius 3 is 2.86 bits per heavy atom. The molecule has 1 rings (SSSR count). The van der Waals surface area contributed by atoms with Gasteiger partial charge in [-0.1, -0.05) is 18.6 Å². The number of carbonyl (C=O) groups is 1. The van der Waals surface area contributed by atoms with Gasteiger partial charge in [0.1, 0.15) is 0 Å². The van der Waals surface area contributed by atoms with Gasteiger partial charge in [-0.15, -0.1) is 5.10 Å². The molecule has 1 aromatic heterocycles. The monoisotopic (exact) mass is 196 g/mol. The minimum atomic E-state index is -0.0634. The Morgan fingerprint density at radius 2 is 2.36 bits per heavy atom. The molecule has 5 heteroatoms. The average Bonchev–Trinajstić information content (AvgIpc) is 2.60. The van der Waals surface area contributed by atoms with Crippen molar-refractivity contribution in [1.82, 2.24) is 19.9 Å². The molecule has 0 fully saturated rings. The summed E-state index contributed by atoms with van der Waals surface area (Å²) in [6, 6.07) is 0. The highest BCUT2D eigenvalue weighted by Gasteiger charge is 2.13. The third-order valence-corrected chi connectivity index (χ3v) is 2.02. The van der Waals surface area contributed by atoms with Crippen LogP contribution in [0.2, 0.25) is 0 Å². The van der Waals surface area contributed by atoms with Crippen LogP contribution in [0.25, 0.3) is 0 Å². The highest BCUT2D eigenvalue weighted by Crippen LogP contribution is 1.99. The summed E-state index contributed by atoms with van der Waals surface area (Å²) in [5, 5.41) is 7.49. The van der Waals surface area contributed by atoms with E-state index in [4.69, 9.17) is 0 Å². The van der Waals surface area contributed by atoms with Gasteiger partial charge in [0, 0.05) is 20.6 Å². The Bertz CT molecular complexity index is 308. The maximum Gasteiger partial charge on any atom is 0.275 e. The Balaban J connectivity index is 2.56. The minimum absolute atomic E-state index is 0.0634. The maximum atomic E-state index is 11.7. The van der Waals surface area contributed by atoms with E-state index < -0.39 is 0 Å². The van der Waals surface area contributed by atoms with Crippen LogP contribution < -0.4 is 0 Å². The normalized spacial score (nSPS) is 10.2. The number of hydrogen-bond acceptors (Lipinski definition) is 3. The van der Waals surface area contributed by atoms with Gasteiger partial charge in [-0.05, 0) is 6.42 Å². The molecule has 0 unspecified atom stereocenters. The third-order valence-electron chi connectivity index (χ3n) is 2.02. The van der Waals surface area contributed by atoms with Crippen LogP contribution in [-0.2, 0) is 7.05 Å². The molecule has 0 aliphatic carbocycles. The lowest BCUT2D eigenvalue weighted by atomic mass is 10.3. The number of carbonyl (C=O) groups excluding carboxylic acids is 1. The fraction of sp³-hybridized carbons (Fsp3) is 0.667. The topological polar surface area (TPSA) is 51.0 Å². The number of hydrogen-bond donors (Lipinski definition) is 0. The zero-order chi connectivity index (χ0) is 10.6. The summed E-state index contributed by atoms with van der Waals surface area (Å²) in [5.41, 5.74) is 0.408. The van der Waals surface area contributed by atoms with Gasteiger partial charge in [-0.2, -0.15) is 0 Å². The highest BCUT2D eigenvalue weighted by molar-refractivity contribution is 5.91. The summed E-state index contributed by atoms with van der Waals surface area (Å²) >= 11 is 0. The molecular weight excluding hydrogens is 180 g/mol. The summed E-state index contributed by atoms with van der Waals surface area (Å²) in [5.74, 6) is -0.0634. The van der Waals surface area contributed by atoms with Crippen LogP contribution in [0.5, 0.6) is 0 Å². The van der Waals surface area contributed by atoms with E-state index in [1.807, 2.05) is 0 Å². The molecule has 5 nitrogen and oxygen atoms in total. The van der Waals surface area contributed by atoms with Crippen LogP contribution in [0.15, 0.2) is 6.20 Å². The largest absolute Gasteiger partial charge is 0.340 e. The van der Waals surface area contributed by atoms with Gasteiger partial charge in [-0.3, -0.25) is 9.48 Å². The second kappa shape index (κ2) is 4.74. The van der Waals surface area contributed by atoms with Crippen molar-refractivity contribution in [3.63, 3.8) is 0 Å². The summed E-state index contributed by atoms with van der Waals surface area (Å²) in [6.07, 6.45) is 3.73. The van der Waals surface area contributed by atoms with Gasteiger partial charge in [0.05, 0.1) is 6.20 Å². The quantitative estimate of drug-likeness (QED) is 0.711. The van der Waals surface area contributed by atoms with Crippen molar-refractivity contribution in [2.24, 2.45) is 7.05 Å². The van der Waals surface area contributed by atoms with Crippen LogP contribution >= 0.6 is 0 Å². The van der Waals surface area contributed by atoms with Crippen molar-refractivity contribution >= 4 is 5.91 Å². The number of unbranched alkanes of at least 4 members (excludes halogenated alkanes) is 1. The fourth-order valence-corrected chi connectivity index (χ4v) is 1.14. The zero-order valence-electron chi connectivity index (χ0n) is 8.90. The van der Waals surface area contributed by atoms with E-state index in [9.17, 15) is 4.79 Å². The SMILES string of the molecule is CCCCN(C)C(=O)c1cn(C)nn1. The van der Waals surface area contributed by atoms with Crippen LogP contribution in [0.1, 0.15) is 30.3 Å². The summed E-state index contributed by atoms with van der Waals surface area (Å²) < 4.78 is 1.53. The molecule has 1 amide bonds. The number of aryl methyl sites for hydroxylation is 1. The Hall–Kier alpha value is -1.39. The molecule has 0 bridgehead atoms. The molecule has 14 heavy (non-hydrogen) atoms. The second-order valence-corrected chi connectivity index (χ2v) is 3.36. The minimum Gasteiger partial charge on any atom is -0.340 e. The van der Waals surface area contributed by atoms with Crippen molar-refractivity contribution in [2.75, 3.05) is 13.6 Å². The van der Waals surface area contributed by atoms with Crippen LogP contribution in [0, 0.1) is 0 Å². The first-order valence-corrected chi connectivity index (χ1v) is 4.77. The summed E-state index contributed by atoms with van der Waals surface area (Å²) in [7, 11) is 3.53. The van der Waals surface area contributed by atoms with E-state index in [-0.39, 0.29) is 5.91 Å². The number of aromatic nitrogens is 3. The lowest BCUT2D eigenvalue weighted by molar-refractivity contribution is 0.0787. The molecule has 0 atom stereocenters. The van der Waals surface area contributed by atoms with Gasteiger partial charge in [0.2, 0.25) is 0 Å². The average molecular weight is 196 g/mol.